The molecule has 5 nitrogen and oxygen atoms in total. The highest BCUT2D eigenvalue weighted by atomic mass is 32.1. The summed E-state index contributed by atoms with van der Waals surface area (Å²) in [5, 5.41) is 7.11. The first-order chi connectivity index (χ1) is 8.11. The standard InChI is InChI=1S/C11H17N3O2S/c1-6-10(17-7(2)13-6)11(15)14-8-4-12-5-9(8)16-3/h8-9,12H,4-5H2,1-3H3,(H,14,15)/t8?,9-/m0/s1. The Kier molecular flexibility index (Phi) is 3.76. The minimum atomic E-state index is -0.0520. The summed E-state index contributed by atoms with van der Waals surface area (Å²) in [4.78, 5) is 17.0. The topological polar surface area (TPSA) is 63.2 Å². The number of hydrogen-bond donors (Lipinski definition) is 2. The van der Waals surface area contributed by atoms with Crippen molar-refractivity contribution >= 4 is 17.2 Å². The number of amides is 1. The minimum Gasteiger partial charge on any atom is -0.378 e. The molecule has 94 valence electrons. The van der Waals surface area contributed by atoms with Gasteiger partial charge in [0.15, 0.2) is 0 Å². The summed E-state index contributed by atoms with van der Waals surface area (Å²) < 4.78 is 5.31. The third-order valence-electron chi connectivity index (χ3n) is 2.89. The minimum absolute atomic E-state index is 0.0364. The third-order valence-corrected chi connectivity index (χ3v) is 3.96. The molecule has 0 aromatic carbocycles. The second kappa shape index (κ2) is 5.12. The van der Waals surface area contributed by atoms with E-state index in [0.29, 0.717) is 4.88 Å². The molecule has 2 heterocycles. The van der Waals surface area contributed by atoms with Gasteiger partial charge < -0.3 is 15.4 Å². The van der Waals surface area contributed by atoms with Gasteiger partial charge in [-0.05, 0) is 13.8 Å². The molecular formula is C11H17N3O2S. The molecule has 1 aliphatic heterocycles. The molecule has 1 fully saturated rings. The van der Waals surface area contributed by atoms with Gasteiger partial charge in [0.05, 0.1) is 22.8 Å². The third kappa shape index (κ3) is 2.65. The number of thiazole rings is 1. The Balaban J connectivity index is 2.04. The van der Waals surface area contributed by atoms with Gasteiger partial charge in [-0.1, -0.05) is 0 Å². The molecule has 0 bridgehead atoms. The molecule has 2 atom stereocenters. The van der Waals surface area contributed by atoms with Crippen LogP contribution in [0.5, 0.6) is 0 Å². The Morgan fingerprint density at radius 2 is 2.29 bits per heavy atom. The molecule has 1 aromatic rings. The average molecular weight is 255 g/mol. The van der Waals surface area contributed by atoms with Gasteiger partial charge in [0.1, 0.15) is 4.88 Å². The van der Waals surface area contributed by atoms with Crippen molar-refractivity contribution in [3.63, 3.8) is 0 Å². The molecule has 1 saturated heterocycles. The van der Waals surface area contributed by atoms with Crippen LogP contribution >= 0.6 is 11.3 Å². The van der Waals surface area contributed by atoms with Gasteiger partial charge in [-0.25, -0.2) is 4.98 Å². The van der Waals surface area contributed by atoms with Gasteiger partial charge in [0.25, 0.3) is 5.91 Å². The van der Waals surface area contributed by atoms with Crippen LogP contribution in [0.25, 0.3) is 0 Å². The van der Waals surface area contributed by atoms with Gasteiger partial charge in [-0.3, -0.25) is 4.79 Å². The average Bonchev–Trinajstić information content (AvgIpc) is 2.84. The molecule has 1 aromatic heterocycles. The normalized spacial score (nSPS) is 23.9. The molecule has 6 heteroatoms. The van der Waals surface area contributed by atoms with Crippen LogP contribution in [-0.4, -0.2) is 43.2 Å². The van der Waals surface area contributed by atoms with Crippen LogP contribution in [0.3, 0.4) is 0 Å². The molecule has 0 spiro atoms. The van der Waals surface area contributed by atoms with Crippen LogP contribution in [0.4, 0.5) is 0 Å². The predicted molar refractivity (Wildman–Crippen MR) is 66.5 cm³/mol. The monoisotopic (exact) mass is 255 g/mol. The first kappa shape index (κ1) is 12.5. The zero-order valence-corrected chi connectivity index (χ0v) is 11.1. The first-order valence-corrected chi connectivity index (χ1v) is 6.42. The maximum atomic E-state index is 12.1. The van der Waals surface area contributed by atoms with E-state index < -0.39 is 0 Å². The summed E-state index contributed by atoms with van der Waals surface area (Å²) in [6.45, 7) is 5.30. The number of rotatable bonds is 3. The lowest BCUT2D eigenvalue weighted by Crippen LogP contribution is -2.43. The van der Waals surface area contributed by atoms with E-state index in [1.54, 1.807) is 7.11 Å². The molecule has 1 aliphatic rings. The smallest absolute Gasteiger partial charge is 0.263 e. The van der Waals surface area contributed by atoms with Crippen LogP contribution in [-0.2, 0) is 4.74 Å². The van der Waals surface area contributed by atoms with Crippen LogP contribution in [0, 0.1) is 13.8 Å². The van der Waals surface area contributed by atoms with E-state index >= 15 is 0 Å². The summed E-state index contributed by atoms with van der Waals surface area (Å²) >= 11 is 1.43. The number of carbonyl (C=O) groups excluding carboxylic acids is 1. The van der Waals surface area contributed by atoms with E-state index in [9.17, 15) is 4.79 Å². The summed E-state index contributed by atoms with van der Waals surface area (Å²) in [5.41, 5.74) is 0.796. The van der Waals surface area contributed by atoms with Crippen molar-refractivity contribution in [2.75, 3.05) is 20.2 Å². The van der Waals surface area contributed by atoms with Crippen LogP contribution in [0.2, 0.25) is 0 Å². The lowest BCUT2D eigenvalue weighted by molar-refractivity contribution is 0.0782. The predicted octanol–water partition coefficient (Wildman–Crippen LogP) is 0.477. The fourth-order valence-corrected chi connectivity index (χ4v) is 2.85. The lowest BCUT2D eigenvalue weighted by Gasteiger charge is -2.18. The number of hydrogen-bond acceptors (Lipinski definition) is 5. The van der Waals surface area contributed by atoms with Crippen molar-refractivity contribution in [2.24, 2.45) is 0 Å². The maximum absolute atomic E-state index is 12.1. The zero-order chi connectivity index (χ0) is 12.4. The van der Waals surface area contributed by atoms with E-state index in [1.807, 2.05) is 13.8 Å². The molecule has 0 saturated carbocycles. The van der Waals surface area contributed by atoms with E-state index in [-0.39, 0.29) is 18.1 Å². The number of methoxy groups -OCH3 is 1. The molecule has 2 rings (SSSR count). The molecule has 2 N–H and O–H groups in total. The van der Waals surface area contributed by atoms with Crippen molar-refractivity contribution in [1.82, 2.24) is 15.6 Å². The Morgan fingerprint density at radius 1 is 1.53 bits per heavy atom. The number of carbonyl (C=O) groups is 1. The van der Waals surface area contributed by atoms with Crippen molar-refractivity contribution < 1.29 is 9.53 Å². The number of nitrogens with one attached hydrogen (secondary N) is 2. The maximum Gasteiger partial charge on any atom is 0.263 e. The first-order valence-electron chi connectivity index (χ1n) is 5.60. The second-order valence-corrected chi connectivity index (χ2v) is 5.36. The molecule has 0 radical (unpaired) electrons. The van der Waals surface area contributed by atoms with Gasteiger partial charge in [-0.15, -0.1) is 11.3 Å². The van der Waals surface area contributed by atoms with Gasteiger partial charge in [0.2, 0.25) is 0 Å². The highest BCUT2D eigenvalue weighted by Gasteiger charge is 2.29. The largest absolute Gasteiger partial charge is 0.378 e. The van der Waals surface area contributed by atoms with E-state index in [4.69, 9.17) is 4.74 Å². The molecule has 1 amide bonds. The fourth-order valence-electron chi connectivity index (χ4n) is 2.02. The quantitative estimate of drug-likeness (QED) is 0.824. The zero-order valence-electron chi connectivity index (χ0n) is 10.2. The number of aryl methyl sites for hydroxylation is 2. The van der Waals surface area contributed by atoms with Crippen molar-refractivity contribution in [1.29, 1.82) is 0 Å². The van der Waals surface area contributed by atoms with E-state index in [1.165, 1.54) is 11.3 Å². The highest BCUT2D eigenvalue weighted by Crippen LogP contribution is 2.17. The Morgan fingerprint density at radius 3 is 2.88 bits per heavy atom. The van der Waals surface area contributed by atoms with E-state index in [2.05, 4.69) is 15.6 Å². The number of nitrogens with zero attached hydrogens (tertiary/aromatic N) is 1. The summed E-state index contributed by atoms with van der Waals surface area (Å²) in [5.74, 6) is -0.0520. The van der Waals surface area contributed by atoms with Crippen molar-refractivity contribution in [3.8, 4) is 0 Å². The molecular weight excluding hydrogens is 238 g/mol. The Labute approximate surface area is 105 Å². The molecule has 1 unspecified atom stereocenters. The SMILES string of the molecule is CO[C@H]1CNCC1NC(=O)c1sc(C)nc1C. The van der Waals surface area contributed by atoms with Crippen molar-refractivity contribution in [3.05, 3.63) is 15.6 Å². The molecule has 0 aliphatic carbocycles. The van der Waals surface area contributed by atoms with Crippen LogP contribution in [0.15, 0.2) is 0 Å². The highest BCUT2D eigenvalue weighted by molar-refractivity contribution is 7.13. The lowest BCUT2D eigenvalue weighted by atomic mass is 10.2. The van der Waals surface area contributed by atoms with Crippen molar-refractivity contribution in [2.45, 2.75) is 26.0 Å². The Bertz CT molecular complexity index is 419. The van der Waals surface area contributed by atoms with E-state index in [0.717, 1.165) is 23.8 Å². The van der Waals surface area contributed by atoms with Gasteiger partial charge >= 0.3 is 0 Å². The van der Waals surface area contributed by atoms with Gasteiger partial charge in [0, 0.05) is 20.2 Å². The number of ether oxygens (including phenoxy) is 1. The second-order valence-electron chi connectivity index (χ2n) is 4.16. The Hall–Kier alpha value is -0.980. The summed E-state index contributed by atoms with van der Waals surface area (Å²) in [7, 11) is 1.67. The fraction of sp³-hybridized carbons (Fsp3) is 0.636. The van der Waals surface area contributed by atoms with Gasteiger partial charge in [-0.2, -0.15) is 0 Å². The molecule has 17 heavy (non-hydrogen) atoms. The van der Waals surface area contributed by atoms with Crippen LogP contribution in [0.1, 0.15) is 20.4 Å². The van der Waals surface area contributed by atoms with Crippen LogP contribution < -0.4 is 10.6 Å². The number of aromatic nitrogens is 1. The summed E-state index contributed by atoms with van der Waals surface area (Å²) in [6, 6.07) is 0.0364. The summed E-state index contributed by atoms with van der Waals surface area (Å²) in [6.07, 6.45) is 0.0493.